The van der Waals surface area contributed by atoms with Crippen LogP contribution in [0.3, 0.4) is 0 Å². The van der Waals surface area contributed by atoms with E-state index in [1.165, 1.54) is 11.3 Å². The Morgan fingerprint density at radius 3 is 2.83 bits per heavy atom. The number of ether oxygens (including phenoxy) is 1. The lowest BCUT2D eigenvalue weighted by molar-refractivity contribution is -0.0601. The Labute approximate surface area is 144 Å². The number of allylic oxidation sites excluding steroid dienone is 2. The first-order valence-electron chi connectivity index (χ1n) is 7.64. The molecule has 1 radical (unpaired) electrons. The predicted molar refractivity (Wildman–Crippen MR) is 89.6 cm³/mol. The van der Waals surface area contributed by atoms with Gasteiger partial charge < -0.3 is 14.5 Å². The van der Waals surface area contributed by atoms with Crippen LogP contribution in [0.2, 0.25) is 0 Å². The van der Waals surface area contributed by atoms with E-state index in [1.807, 2.05) is 6.08 Å². The Hall–Kier alpha value is -1.37. The van der Waals surface area contributed by atoms with Gasteiger partial charge in [0.1, 0.15) is 11.1 Å². The Kier molecular flexibility index (Phi) is 3.91. The minimum Gasteiger partial charge on any atom is -0.385 e. The Bertz CT molecular complexity index is 676. The molecule has 23 heavy (non-hydrogen) atoms. The van der Waals surface area contributed by atoms with E-state index in [1.54, 1.807) is 11.7 Å². The van der Waals surface area contributed by atoms with Crippen molar-refractivity contribution >= 4 is 28.6 Å². The average molecular weight is 351 g/mol. The van der Waals surface area contributed by atoms with Crippen molar-refractivity contribution in [3.63, 3.8) is 0 Å². The van der Waals surface area contributed by atoms with E-state index < -0.39 is 0 Å². The molecular weight excluding hydrogens is 334 g/mol. The highest BCUT2D eigenvalue weighted by Gasteiger charge is 2.41. The third-order valence-electron chi connectivity index (χ3n) is 4.17. The molecule has 0 amide bonds. The number of nitrogens with zero attached hydrogens (tertiary/aromatic N) is 3. The van der Waals surface area contributed by atoms with Crippen molar-refractivity contribution in [2.24, 2.45) is 5.16 Å². The van der Waals surface area contributed by atoms with Crippen LogP contribution in [0.4, 0.5) is 0 Å². The molecule has 0 spiro atoms. The van der Waals surface area contributed by atoms with Gasteiger partial charge in [-0.1, -0.05) is 5.16 Å². The number of hydrogen-bond donors (Lipinski definition) is 0. The molecule has 2 unspecified atom stereocenters. The Morgan fingerprint density at radius 1 is 1.35 bits per heavy atom. The first-order chi connectivity index (χ1) is 11.1. The highest BCUT2D eigenvalue weighted by atomic mass is 35.5. The Balaban J connectivity index is 1.61. The van der Waals surface area contributed by atoms with Crippen LogP contribution in [-0.2, 0) is 9.57 Å². The third-order valence-corrected chi connectivity index (χ3v) is 5.38. The summed E-state index contributed by atoms with van der Waals surface area (Å²) in [6.07, 6.45) is 7.20. The van der Waals surface area contributed by atoms with Crippen LogP contribution in [0.1, 0.15) is 18.7 Å². The summed E-state index contributed by atoms with van der Waals surface area (Å²) in [5.41, 5.74) is 4.54. The number of aromatic nitrogens is 1. The molecule has 1 fully saturated rings. The quantitative estimate of drug-likeness (QED) is 0.769. The molecular formula is C16H17ClN3O2S. The third kappa shape index (κ3) is 2.69. The largest absolute Gasteiger partial charge is 0.385 e. The number of fused-ring (bicyclic) bond motifs is 1. The smallest absolute Gasteiger partial charge is 0.176 e. The van der Waals surface area contributed by atoms with Crippen molar-refractivity contribution in [1.82, 2.24) is 9.88 Å². The fourth-order valence-electron chi connectivity index (χ4n) is 3.25. The van der Waals surface area contributed by atoms with Crippen LogP contribution in [-0.4, -0.2) is 52.4 Å². The van der Waals surface area contributed by atoms with Crippen LogP contribution in [0.5, 0.6) is 0 Å². The second-order valence-corrected chi connectivity index (χ2v) is 7.38. The second kappa shape index (κ2) is 5.92. The van der Waals surface area contributed by atoms with Gasteiger partial charge in [-0.3, -0.25) is 4.98 Å². The zero-order chi connectivity index (χ0) is 16.0. The lowest BCUT2D eigenvalue weighted by atomic mass is 9.94. The molecule has 0 saturated carbocycles. The fraction of sp³-hybridized carbons (Fsp3) is 0.500. The van der Waals surface area contributed by atoms with Crippen LogP contribution in [0, 0.1) is 6.08 Å². The molecule has 3 heterocycles. The average Bonchev–Trinajstić information content (AvgIpc) is 3.15. The molecule has 1 aromatic rings. The maximum absolute atomic E-state index is 6.71. The van der Waals surface area contributed by atoms with Gasteiger partial charge in [-0.15, -0.1) is 22.9 Å². The van der Waals surface area contributed by atoms with Crippen LogP contribution < -0.4 is 0 Å². The summed E-state index contributed by atoms with van der Waals surface area (Å²) in [6.45, 7) is 5.78. The van der Waals surface area contributed by atoms with E-state index in [0.29, 0.717) is 0 Å². The number of thiazole rings is 1. The van der Waals surface area contributed by atoms with Gasteiger partial charge in [-0.05, 0) is 19.9 Å². The molecule has 121 valence electrons. The zero-order valence-electron chi connectivity index (χ0n) is 12.9. The SMILES string of the molecule is C[C@@H]1CN(C2=[C]C=C3C(c4cncs4)=NOC3C2Cl)C[C@H](C)O1. The van der Waals surface area contributed by atoms with Gasteiger partial charge in [0.25, 0.3) is 0 Å². The van der Waals surface area contributed by atoms with Crippen molar-refractivity contribution in [3.8, 4) is 0 Å². The predicted octanol–water partition coefficient (Wildman–Crippen LogP) is 2.59. The number of morpholine rings is 1. The van der Waals surface area contributed by atoms with Gasteiger partial charge in [-0.2, -0.15) is 0 Å². The van der Waals surface area contributed by atoms with Crippen molar-refractivity contribution < 1.29 is 9.57 Å². The van der Waals surface area contributed by atoms with E-state index in [9.17, 15) is 0 Å². The summed E-state index contributed by atoms with van der Waals surface area (Å²) < 4.78 is 5.79. The molecule has 1 aromatic heterocycles. The van der Waals surface area contributed by atoms with Gasteiger partial charge in [0.2, 0.25) is 0 Å². The maximum Gasteiger partial charge on any atom is 0.176 e. The molecule has 0 bridgehead atoms. The summed E-state index contributed by atoms with van der Waals surface area (Å²) in [6, 6.07) is 0. The van der Waals surface area contributed by atoms with E-state index in [2.05, 4.69) is 35.0 Å². The summed E-state index contributed by atoms with van der Waals surface area (Å²) in [5.74, 6) is 0. The van der Waals surface area contributed by atoms with Gasteiger partial charge in [0, 0.05) is 36.6 Å². The first-order valence-corrected chi connectivity index (χ1v) is 8.96. The van der Waals surface area contributed by atoms with Gasteiger partial charge in [-0.25, -0.2) is 0 Å². The summed E-state index contributed by atoms with van der Waals surface area (Å²) >= 11 is 8.25. The number of oxime groups is 1. The molecule has 4 atom stereocenters. The molecule has 7 heteroatoms. The molecule has 1 saturated heterocycles. The van der Waals surface area contributed by atoms with Crippen LogP contribution >= 0.6 is 22.9 Å². The summed E-state index contributed by atoms with van der Waals surface area (Å²) in [5, 5.41) is 3.92. The lowest BCUT2D eigenvalue weighted by Crippen LogP contribution is -2.48. The number of halogens is 1. The van der Waals surface area contributed by atoms with Crippen molar-refractivity contribution in [2.45, 2.75) is 37.5 Å². The number of rotatable bonds is 2. The molecule has 2 aliphatic heterocycles. The standard InChI is InChI=1S/C16H17ClN3O2S/c1-9-6-20(7-10(2)21-9)12-4-3-11-15(13-5-18-8-23-13)19-22-16(11)14(12)17/h3,5,8-10,14,16H,6-7H2,1-2H3/t9-,10+,14?,16?. The monoisotopic (exact) mass is 350 g/mol. The highest BCUT2D eigenvalue weighted by Crippen LogP contribution is 2.36. The molecule has 3 aliphatic rings. The Morgan fingerprint density at radius 2 is 2.13 bits per heavy atom. The fourth-order valence-corrected chi connectivity index (χ4v) is 4.26. The summed E-state index contributed by atoms with van der Waals surface area (Å²) in [4.78, 5) is 13.0. The van der Waals surface area contributed by atoms with E-state index in [-0.39, 0.29) is 23.7 Å². The number of hydrogen-bond acceptors (Lipinski definition) is 6. The van der Waals surface area contributed by atoms with Crippen molar-refractivity contribution in [1.29, 1.82) is 0 Å². The lowest BCUT2D eigenvalue weighted by Gasteiger charge is -2.40. The van der Waals surface area contributed by atoms with Crippen LogP contribution in [0.25, 0.3) is 0 Å². The first kappa shape index (κ1) is 15.2. The van der Waals surface area contributed by atoms with E-state index in [0.717, 1.165) is 34.9 Å². The zero-order valence-corrected chi connectivity index (χ0v) is 14.5. The molecule has 4 rings (SSSR count). The summed E-state index contributed by atoms with van der Waals surface area (Å²) in [7, 11) is 0. The topological polar surface area (TPSA) is 47.0 Å². The maximum atomic E-state index is 6.71. The van der Waals surface area contributed by atoms with Crippen LogP contribution in [0.15, 0.2) is 34.2 Å². The number of alkyl halides is 1. The molecule has 0 N–H and O–H groups in total. The van der Waals surface area contributed by atoms with E-state index in [4.69, 9.17) is 21.2 Å². The van der Waals surface area contributed by atoms with Crippen molar-refractivity contribution in [2.75, 3.05) is 13.1 Å². The molecule has 1 aliphatic carbocycles. The molecule has 0 aromatic carbocycles. The van der Waals surface area contributed by atoms with Gasteiger partial charge in [0.05, 0.1) is 22.6 Å². The van der Waals surface area contributed by atoms with Gasteiger partial charge >= 0.3 is 0 Å². The minimum atomic E-state index is -0.304. The van der Waals surface area contributed by atoms with Crippen molar-refractivity contribution in [3.05, 3.63) is 40.0 Å². The van der Waals surface area contributed by atoms with Gasteiger partial charge in [0.15, 0.2) is 6.10 Å². The second-order valence-electron chi connectivity index (χ2n) is 6.02. The molecule has 5 nitrogen and oxygen atoms in total. The van der Waals surface area contributed by atoms with E-state index >= 15 is 0 Å². The normalized spacial score (nSPS) is 33.5. The highest BCUT2D eigenvalue weighted by molar-refractivity contribution is 7.12. The minimum absolute atomic E-state index is 0.177.